The molecule has 0 fully saturated rings. The number of nitrogens with zero attached hydrogens (tertiary/aromatic N) is 1. The topological polar surface area (TPSA) is 23.5 Å². The van der Waals surface area contributed by atoms with E-state index in [1.807, 2.05) is 47.4 Å². The molecule has 2 nitrogen and oxygen atoms in total. The van der Waals surface area contributed by atoms with Crippen LogP contribution in [0, 0.1) is 0 Å². The predicted octanol–water partition coefficient (Wildman–Crippen LogP) is 3.93. The number of anilines is 1. The Morgan fingerprint density at radius 3 is 2.80 bits per heavy atom. The van der Waals surface area contributed by atoms with E-state index < -0.39 is 6.23 Å². The van der Waals surface area contributed by atoms with E-state index in [-0.39, 0.29) is 0 Å². The molecule has 2 aliphatic rings. The Labute approximate surface area is 120 Å². The third-order valence-corrected chi connectivity index (χ3v) is 3.77. The van der Waals surface area contributed by atoms with Crippen LogP contribution in [0.4, 0.5) is 5.69 Å². The molecule has 3 rings (SSSR count). The highest BCUT2D eigenvalue weighted by Gasteiger charge is 2.29. The van der Waals surface area contributed by atoms with Crippen LogP contribution in [0.2, 0.25) is 0 Å². The lowest BCUT2D eigenvalue weighted by atomic mass is 9.95. The second-order valence-electron chi connectivity index (χ2n) is 5.01. The summed E-state index contributed by atoms with van der Waals surface area (Å²) in [5, 5.41) is 10.8. The summed E-state index contributed by atoms with van der Waals surface area (Å²) >= 11 is 0. The van der Waals surface area contributed by atoms with Gasteiger partial charge < -0.3 is 10.0 Å². The summed E-state index contributed by atoms with van der Waals surface area (Å²) in [7, 11) is 0. The van der Waals surface area contributed by atoms with E-state index in [9.17, 15) is 5.11 Å². The summed E-state index contributed by atoms with van der Waals surface area (Å²) in [6.07, 6.45) is 11.7. The standard InChI is InChI=1S/C18H19NO/c1-2-15-13-14-9-5-3-8-12-17(14)18(20)19(15)16-10-6-4-7-11-16/h3-4,6-13,18,20H,2,5H2,1H3. The smallest absolute Gasteiger partial charge is 0.157 e. The van der Waals surface area contributed by atoms with Gasteiger partial charge in [0.15, 0.2) is 6.23 Å². The van der Waals surface area contributed by atoms with Crippen LogP contribution in [0.15, 0.2) is 77.6 Å². The Kier molecular flexibility index (Phi) is 3.57. The molecule has 0 saturated heterocycles. The lowest BCUT2D eigenvalue weighted by Crippen LogP contribution is -2.39. The largest absolute Gasteiger partial charge is 0.369 e. The number of hydrogen-bond acceptors (Lipinski definition) is 2. The fourth-order valence-electron chi connectivity index (χ4n) is 2.75. The Hall–Kier alpha value is -2.06. The lowest BCUT2D eigenvalue weighted by Gasteiger charge is -2.37. The summed E-state index contributed by atoms with van der Waals surface area (Å²) in [5.74, 6) is 0. The summed E-state index contributed by atoms with van der Waals surface area (Å²) < 4.78 is 0. The van der Waals surface area contributed by atoms with Gasteiger partial charge in [0.2, 0.25) is 0 Å². The molecule has 1 aromatic rings. The molecule has 1 unspecified atom stereocenters. The average Bonchev–Trinajstić information content (AvgIpc) is 2.73. The first kappa shape index (κ1) is 12.9. The predicted molar refractivity (Wildman–Crippen MR) is 83.2 cm³/mol. The number of allylic oxidation sites excluding steroid dienone is 6. The van der Waals surface area contributed by atoms with Crippen molar-refractivity contribution in [3.63, 3.8) is 0 Å². The van der Waals surface area contributed by atoms with Crippen molar-refractivity contribution in [1.29, 1.82) is 0 Å². The number of para-hydroxylation sites is 1. The van der Waals surface area contributed by atoms with Crippen molar-refractivity contribution >= 4 is 5.69 Å². The van der Waals surface area contributed by atoms with Crippen molar-refractivity contribution in [3.8, 4) is 0 Å². The van der Waals surface area contributed by atoms with Crippen molar-refractivity contribution in [2.75, 3.05) is 4.90 Å². The van der Waals surface area contributed by atoms with Gasteiger partial charge in [-0.1, -0.05) is 49.4 Å². The maximum absolute atomic E-state index is 10.8. The fraction of sp³-hybridized carbons (Fsp3) is 0.222. The highest BCUT2D eigenvalue weighted by molar-refractivity contribution is 5.63. The van der Waals surface area contributed by atoms with Gasteiger partial charge in [-0.25, -0.2) is 0 Å². The van der Waals surface area contributed by atoms with Crippen LogP contribution >= 0.6 is 0 Å². The summed E-state index contributed by atoms with van der Waals surface area (Å²) in [5.41, 5.74) is 4.29. The van der Waals surface area contributed by atoms with Gasteiger partial charge in [0, 0.05) is 17.0 Å². The SMILES string of the molecule is CCC1=CC2=CCC=CC=C2C(O)N1c1ccccc1. The molecule has 0 bridgehead atoms. The van der Waals surface area contributed by atoms with E-state index in [2.05, 4.69) is 25.2 Å². The minimum Gasteiger partial charge on any atom is -0.369 e. The molecule has 1 heterocycles. The fourth-order valence-corrected chi connectivity index (χ4v) is 2.75. The number of benzene rings is 1. The van der Waals surface area contributed by atoms with Crippen LogP contribution in [0.3, 0.4) is 0 Å². The summed E-state index contributed by atoms with van der Waals surface area (Å²) in [6.45, 7) is 2.12. The molecule has 0 amide bonds. The van der Waals surface area contributed by atoms with E-state index in [0.717, 1.165) is 35.4 Å². The van der Waals surface area contributed by atoms with Crippen molar-refractivity contribution < 1.29 is 5.11 Å². The Bertz CT molecular complexity index is 608. The second kappa shape index (κ2) is 5.51. The normalized spacial score (nSPS) is 21.6. The number of aliphatic hydroxyl groups is 1. The molecule has 1 aromatic carbocycles. The van der Waals surface area contributed by atoms with Crippen LogP contribution in [-0.2, 0) is 0 Å². The van der Waals surface area contributed by atoms with Gasteiger partial charge in [-0.3, -0.25) is 0 Å². The molecule has 102 valence electrons. The Morgan fingerprint density at radius 1 is 1.25 bits per heavy atom. The monoisotopic (exact) mass is 265 g/mol. The highest BCUT2D eigenvalue weighted by Crippen LogP contribution is 2.35. The van der Waals surface area contributed by atoms with Gasteiger partial charge in [-0.05, 0) is 36.6 Å². The van der Waals surface area contributed by atoms with E-state index in [1.165, 1.54) is 0 Å². The number of aliphatic hydroxyl groups excluding tert-OH is 1. The zero-order chi connectivity index (χ0) is 13.9. The molecule has 1 N–H and O–H groups in total. The molecule has 0 spiro atoms. The van der Waals surface area contributed by atoms with Crippen LogP contribution in [0.1, 0.15) is 19.8 Å². The third-order valence-electron chi connectivity index (χ3n) is 3.77. The van der Waals surface area contributed by atoms with Gasteiger partial charge in [-0.2, -0.15) is 0 Å². The number of fused-ring (bicyclic) bond motifs is 1. The first-order valence-corrected chi connectivity index (χ1v) is 7.11. The van der Waals surface area contributed by atoms with Crippen LogP contribution in [0.5, 0.6) is 0 Å². The number of rotatable bonds is 2. The maximum Gasteiger partial charge on any atom is 0.157 e. The lowest BCUT2D eigenvalue weighted by molar-refractivity contribution is 0.211. The molecule has 0 radical (unpaired) electrons. The molecule has 1 atom stereocenters. The molecule has 1 aliphatic heterocycles. The molecule has 2 heteroatoms. The zero-order valence-corrected chi connectivity index (χ0v) is 11.7. The first-order chi connectivity index (χ1) is 9.81. The molecule has 0 aromatic heterocycles. The highest BCUT2D eigenvalue weighted by atomic mass is 16.3. The van der Waals surface area contributed by atoms with Crippen LogP contribution < -0.4 is 4.90 Å². The van der Waals surface area contributed by atoms with Crippen LogP contribution in [-0.4, -0.2) is 11.3 Å². The van der Waals surface area contributed by atoms with Gasteiger partial charge >= 0.3 is 0 Å². The van der Waals surface area contributed by atoms with E-state index in [1.54, 1.807) is 0 Å². The summed E-state index contributed by atoms with van der Waals surface area (Å²) in [6, 6.07) is 10.1. The van der Waals surface area contributed by atoms with E-state index in [4.69, 9.17) is 0 Å². The number of hydrogen-bond donors (Lipinski definition) is 1. The third kappa shape index (κ3) is 2.23. The van der Waals surface area contributed by atoms with Gasteiger partial charge in [0.1, 0.15) is 0 Å². The quantitative estimate of drug-likeness (QED) is 0.875. The van der Waals surface area contributed by atoms with Crippen molar-refractivity contribution in [1.82, 2.24) is 0 Å². The van der Waals surface area contributed by atoms with Crippen molar-refractivity contribution in [3.05, 3.63) is 77.6 Å². The van der Waals surface area contributed by atoms with E-state index >= 15 is 0 Å². The van der Waals surface area contributed by atoms with Crippen molar-refractivity contribution in [2.45, 2.75) is 26.0 Å². The van der Waals surface area contributed by atoms with Gasteiger partial charge in [0.05, 0.1) is 0 Å². The molecule has 1 aliphatic carbocycles. The van der Waals surface area contributed by atoms with Gasteiger partial charge in [-0.15, -0.1) is 0 Å². The molecular weight excluding hydrogens is 246 g/mol. The van der Waals surface area contributed by atoms with Crippen molar-refractivity contribution in [2.24, 2.45) is 0 Å². The average molecular weight is 265 g/mol. The Balaban J connectivity index is 2.10. The molecule has 0 saturated carbocycles. The Morgan fingerprint density at radius 2 is 2.05 bits per heavy atom. The first-order valence-electron chi connectivity index (χ1n) is 7.11. The second-order valence-corrected chi connectivity index (χ2v) is 5.01. The molecular formula is C18H19NO. The van der Waals surface area contributed by atoms with E-state index in [0.29, 0.717) is 0 Å². The van der Waals surface area contributed by atoms with Crippen LogP contribution in [0.25, 0.3) is 0 Å². The zero-order valence-electron chi connectivity index (χ0n) is 11.7. The molecule has 20 heavy (non-hydrogen) atoms. The minimum absolute atomic E-state index is 0.619. The maximum atomic E-state index is 10.8. The van der Waals surface area contributed by atoms with Gasteiger partial charge in [0.25, 0.3) is 0 Å². The minimum atomic E-state index is -0.619. The summed E-state index contributed by atoms with van der Waals surface area (Å²) in [4.78, 5) is 2.02.